The maximum Gasteiger partial charge on any atom is 0.406 e. The summed E-state index contributed by atoms with van der Waals surface area (Å²) in [6.07, 6.45) is -2.76. The van der Waals surface area contributed by atoms with Crippen molar-refractivity contribution in [2.45, 2.75) is 38.5 Å². The van der Waals surface area contributed by atoms with Gasteiger partial charge < -0.3 is 14.7 Å². The van der Waals surface area contributed by atoms with Gasteiger partial charge in [0.05, 0.1) is 12.7 Å². The number of ether oxygens (including phenoxy) is 1. The molecular formula is C12H20F3NO3. The summed E-state index contributed by atoms with van der Waals surface area (Å²) in [5, 5.41) is 8.72. The van der Waals surface area contributed by atoms with Crippen LogP contribution >= 0.6 is 0 Å². The predicted molar refractivity (Wildman–Crippen MR) is 62.5 cm³/mol. The molecule has 1 N–H and O–H groups in total. The Labute approximate surface area is 110 Å². The first-order valence-electron chi connectivity index (χ1n) is 6.42. The summed E-state index contributed by atoms with van der Waals surface area (Å²) in [7, 11) is 0. The molecule has 1 aliphatic rings. The smallest absolute Gasteiger partial charge is 0.395 e. The van der Waals surface area contributed by atoms with E-state index in [-0.39, 0.29) is 25.0 Å². The Bertz CT molecular complexity index is 290. The zero-order chi connectivity index (χ0) is 14.5. The van der Waals surface area contributed by atoms with Crippen LogP contribution in [0.5, 0.6) is 0 Å². The average Bonchev–Trinajstić information content (AvgIpc) is 2.23. The second-order valence-electron chi connectivity index (χ2n) is 4.77. The van der Waals surface area contributed by atoms with Gasteiger partial charge in [-0.3, -0.25) is 4.79 Å². The van der Waals surface area contributed by atoms with E-state index in [1.807, 2.05) is 6.92 Å². The molecule has 1 amide bonds. The number of carbonyl (C=O) groups excluding carboxylic acids is 1. The lowest BCUT2D eigenvalue weighted by Gasteiger charge is -2.35. The molecule has 1 aliphatic carbocycles. The molecular weight excluding hydrogens is 263 g/mol. The van der Waals surface area contributed by atoms with Crippen molar-refractivity contribution < 1.29 is 27.8 Å². The monoisotopic (exact) mass is 283 g/mol. The fourth-order valence-electron chi connectivity index (χ4n) is 2.22. The SMILES string of the molecule is CCOC1CC(CC(=O)N(CCO)CC(F)(F)F)C1. The van der Waals surface area contributed by atoms with E-state index in [9.17, 15) is 18.0 Å². The van der Waals surface area contributed by atoms with Crippen molar-refractivity contribution in [3.8, 4) is 0 Å². The molecule has 0 spiro atoms. The van der Waals surface area contributed by atoms with Crippen LogP contribution in [-0.2, 0) is 9.53 Å². The van der Waals surface area contributed by atoms with Gasteiger partial charge in [-0.05, 0) is 25.7 Å². The van der Waals surface area contributed by atoms with Crippen LogP contribution in [0.3, 0.4) is 0 Å². The van der Waals surface area contributed by atoms with E-state index >= 15 is 0 Å². The fraction of sp³-hybridized carbons (Fsp3) is 0.917. The van der Waals surface area contributed by atoms with Crippen LogP contribution < -0.4 is 0 Å². The van der Waals surface area contributed by atoms with E-state index in [1.54, 1.807) is 0 Å². The zero-order valence-corrected chi connectivity index (χ0v) is 10.9. The first-order valence-corrected chi connectivity index (χ1v) is 6.42. The van der Waals surface area contributed by atoms with Gasteiger partial charge in [-0.25, -0.2) is 0 Å². The van der Waals surface area contributed by atoms with Crippen LogP contribution in [0.25, 0.3) is 0 Å². The molecule has 0 aliphatic heterocycles. The number of rotatable bonds is 7. The fourth-order valence-corrected chi connectivity index (χ4v) is 2.22. The molecule has 19 heavy (non-hydrogen) atoms. The summed E-state index contributed by atoms with van der Waals surface area (Å²) >= 11 is 0. The molecule has 1 saturated carbocycles. The Hall–Kier alpha value is -0.820. The number of carbonyl (C=O) groups is 1. The third kappa shape index (κ3) is 5.78. The average molecular weight is 283 g/mol. The predicted octanol–water partition coefficient (Wildman–Crippen LogP) is 1.57. The lowest BCUT2D eigenvalue weighted by Crippen LogP contribution is -2.43. The molecule has 0 bridgehead atoms. The lowest BCUT2D eigenvalue weighted by molar-refractivity contribution is -0.163. The molecule has 0 aromatic heterocycles. The maximum absolute atomic E-state index is 12.3. The lowest BCUT2D eigenvalue weighted by atomic mass is 9.79. The molecule has 0 unspecified atom stereocenters. The van der Waals surface area contributed by atoms with Crippen molar-refractivity contribution in [2.24, 2.45) is 5.92 Å². The van der Waals surface area contributed by atoms with Crippen molar-refractivity contribution in [3.63, 3.8) is 0 Å². The molecule has 112 valence electrons. The third-order valence-electron chi connectivity index (χ3n) is 3.15. The standard InChI is InChI=1S/C12H20F3NO3/c1-2-19-10-5-9(6-10)7-11(18)16(3-4-17)8-12(13,14)15/h9-10,17H,2-8H2,1H3. The minimum atomic E-state index is -4.43. The molecule has 4 nitrogen and oxygen atoms in total. The van der Waals surface area contributed by atoms with E-state index in [0.717, 1.165) is 12.8 Å². The van der Waals surface area contributed by atoms with Crippen LogP contribution in [0.2, 0.25) is 0 Å². The topological polar surface area (TPSA) is 49.8 Å². The number of hydrogen-bond acceptors (Lipinski definition) is 3. The van der Waals surface area contributed by atoms with Crippen LogP contribution in [0.15, 0.2) is 0 Å². The van der Waals surface area contributed by atoms with Gasteiger partial charge in [0.1, 0.15) is 6.54 Å². The molecule has 7 heteroatoms. The van der Waals surface area contributed by atoms with Gasteiger partial charge in [0, 0.05) is 19.6 Å². The molecule has 0 radical (unpaired) electrons. The summed E-state index contributed by atoms with van der Waals surface area (Å²) < 4.78 is 42.2. The number of nitrogens with zero attached hydrogens (tertiary/aromatic N) is 1. The Morgan fingerprint density at radius 1 is 1.42 bits per heavy atom. The van der Waals surface area contributed by atoms with Gasteiger partial charge in [-0.2, -0.15) is 13.2 Å². The quantitative estimate of drug-likeness (QED) is 0.771. The van der Waals surface area contributed by atoms with Crippen molar-refractivity contribution in [1.29, 1.82) is 0 Å². The van der Waals surface area contributed by atoms with E-state index in [4.69, 9.17) is 9.84 Å². The van der Waals surface area contributed by atoms with Crippen LogP contribution in [0.1, 0.15) is 26.2 Å². The number of halogens is 3. The molecule has 1 rings (SSSR count). The Morgan fingerprint density at radius 2 is 2.05 bits per heavy atom. The second kappa shape index (κ2) is 7.09. The number of amides is 1. The van der Waals surface area contributed by atoms with Gasteiger partial charge in [-0.15, -0.1) is 0 Å². The van der Waals surface area contributed by atoms with Gasteiger partial charge in [0.15, 0.2) is 0 Å². The molecule has 0 saturated heterocycles. The van der Waals surface area contributed by atoms with Gasteiger partial charge in [0.25, 0.3) is 0 Å². The van der Waals surface area contributed by atoms with Gasteiger partial charge in [-0.1, -0.05) is 0 Å². The summed E-state index contributed by atoms with van der Waals surface area (Å²) in [6.45, 7) is 0.447. The highest BCUT2D eigenvalue weighted by atomic mass is 19.4. The Kier molecular flexibility index (Phi) is 6.06. The molecule has 1 fully saturated rings. The Balaban J connectivity index is 2.37. The van der Waals surface area contributed by atoms with E-state index in [1.165, 1.54) is 0 Å². The summed E-state index contributed by atoms with van der Waals surface area (Å²) in [5.74, 6) is -0.454. The number of aliphatic hydroxyl groups is 1. The van der Waals surface area contributed by atoms with Gasteiger partial charge >= 0.3 is 6.18 Å². The Morgan fingerprint density at radius 3 is 2.53 bits per heavy atom. The van der Waals surface area contributed by atoms with E-state index < -0.39 is 25.2 Å². The number of alkyl halides is 3. The largest absolute Gasteiger partial charge is 0.406 e. The molecule has 0 heterocycles. The molecule has 0 aromatic carbocycles. The van der Waals surface area contributed by atoms with Crippen molar-refractivity contribution in [2.75, 3.05) is 26.3 Å². The minimum absolute atomic E-state index is 0.0958. The highest BCUT2D eigenvalue weighted by Crippen LogP contribution is 2.33. The van der Waals surface area contributed by atoms with Crippen molar-refractivity contribution in [1.82, 2.24) is 4.90 Å². The minimum Gasteiger partial charge on any atom is -0.395 e. The summed E-state index contributed by atoms with van der Waals surface area (Å²) in [5.41, 5.74) is 0. The highest BCUT2D eigenvalue weighted by Gasteiger charge is 2.36. The first kappa shape index (κ1) is 16.2. The third-order valence-corrected chi connectivity index (χ3v) is 3.15. The second-order valence-corrected chi connectivity index (χ2v) is 4.77. The molecule has 0 aromatic rings. The summed E-state index contributed by atoms with van der Waals surface area (Å²) in [6, 6.07) is 0. The van der Waals surface area contributed by atoms with Crippen LogP contribution in [0, 0.1) is 5.92 Å². The number of aliphatic hydroxyl groups excluding tert-OH is 1. The van der Waals surface area contributed by atoms with Crippen LogP contribution in [0.4, 0.5) is 13.2 Å². The highest BCUT2D eigenvalue weighted by molar-refractivity contribution is 5.76. The summed E-state index contributed by atoms with van der Waals surface area (Å²) in [4.78, 5) is 12.4. The molecule has 0 atom stereocenters. The van der Waals surface area contributed by atoms with E-state index in [2.05, 4.69) is 0 Å². The zero-order valence-electron chi connectivity index (χ0n) is 10.9. The maximum atomic E-state index is 12.3. The van der Waals surface area contributed by atoms with Crippen molar-refractivity contribution in [3.05, 3.63) is 0 Å². The van der Waals surface area contributed by atoms with E-state index in [0.29, 0.717) is 11.5 Å². The van der Waals surface area contributed by atoms with Crippen molar-refractivity contribution >= 4 is 5.91 Å². The number of hydrogen-bond donors (Lipinski definition) is 1. The van der Waals surface area contributed by atoms with Crippen LogP contribution in [-0.4, -0.2) is 54.5 Å². The first-order chi connectivity index (χ1) is 8.85. The normalized spacial score (nSPS) is 23.0. The van der Waals surface area contributed by atoms with Gasteiger partial charge in [0.2, 0.25) is 5.91 Å².